The molecule has 1 aliphatic heterocycles. The molecule has 1 N–H and O–H groups in total. The molecule has 0 bridgehead atoms. The molecule has 0 unspecified atom stereocenters. The van der Waals surface area contributed by atoms with Crippen LogP contribution in [0.5, 0.6) is 11.6 Å². The number of benzene rings is 1. The second-order valence-corrected chi connectivity index (χ2v) is 4.30. The Morgan fingerprint density at radius 3 is 3.05 bits per heavy atom. The van der Waals surface area contributed by atoms with Crippen molar-refractivity contribution in [3.63, 3.8) is 0 Å². The molecule has 2 heterocycles. The van der Waals surface area contributed by atoms with Crippen molar-refractivity contribution >= 4 is 0 Å². The summed E-state index contributed by atoms with van der Waals surface area (Å²) in [6.45, 7) is 2.47. The summed E-state index contributed by atoms with van der Waals surface area (Å²) in [6.07, 6.45) is 1.70. The molecular weight excluding hydrogens is 242 g/mol. The smallest absolute Gasteiger partial charge is 0.238 e. The highest BCUT2D eigenvalue weighted by atomic mass is 16.5. The number of morpholine rings is 1. The number of rotatable bonds is 3. The Morgan fingerprint density at radius 2 is 2.26 bits per heavy atom. The lowest BCUT2D eigenvalue weighted by Crippen LogP contribution is -2.33. The van der Waals surface area contributed by atoms with Crippen LogP contribution in [-0.4, -0.2) is 29.9 Å². The van der Waals surface area contributed by atoms with Crippen molar-refractivity contribution in [2.24, 2.45) is 0 Å². The van der Waals surface area contributed by atoms with Crippen LogP contribution in [0.4, 0.5) is 0 Å². The summed E-state index contributed by atoms with van der Waals surface area (Å²) in [4.78, 5) is 0. The van der Waals surface area contributed by atoms with Crippen molar-refractivity contribution in [1.29, 1.82) is 0 Å². The molecule has 98 valence electrons. The molecule has 1 fully saturated rings. The normalized spacial score (nSPS) is 19.1. The van der Waals surface area contributed by atoms with Gasteiger partial charge < -0.3 is 14.8 Å². The van der Waals surface area contributed by atoms with E-state index >= 15 is 0 Å². The van der Waals surface area contributed by atoms with Crippen molar-refractivity contribution in [3.05, 3.63) is 48.2 Å². The van der Waals surface area contributed by atoms with E-state index in [4.69, 9.17) is 9.47 Å². The van der Waals surface area contributed by atoms with Crippen molar-refractivity contribution in [2.45, 2.75) is 6.10 Å². The largest absolute Gasteiger partial charge is 0.438 e. The second-order valence-electron chi connectivity index (χ2n) is 4.30. The van der Waals surface area contributed by atoms with Crippen molar-refractivity contribution < 1.29 is 9.47 Å². The van der Waals surface area contributed by atoms with Gasteiger partial charge in [0.15, 0.2) is 0 Å². The van der Waals surface area contributed by atoms with Crippen LogP contribution < -0.4 is 10.1 Å². The van der Waals surface area contributed by atoms with Gasteiger partial charge in [-0.3, -0.25) is 0 Å². The molecule has 0 spiro atoms. The molecule has 19 heavy (non-hydrogen) atoms. The molecule has 2 aromatic rings. The van der Waals surface area contributed by atoms with Gasteiger partial charge in [-0.25, -0.2) is 0 Å². The maximum atomic E-state index is 5.72. The van der Waals surface area contributed by atoms with Gasteiger partial charge in [0.25, 0.3) is 0 Å². The molecule has 1 saturated heterocycles. The highest BCUT2D eigenvalue weighted by Crippen LogP contribution is 2.25. The fourth-order valence-electron chi connectivity index (χ4n) is 2.02. The summed E-state index contributed by atoms with van der Waals surface area (Å²) in [5, 5.41) is 11.0. The van der Waals surface area contributed by atoms with Crippen molar-refractivity contribution in [3.8, 4) is 11.6 Å². The van der Waals surface area contributed by atoms with E-state index < -0.39 is 0 Å². The molecule has 3 rings (SSSR count). The maximum absolute atomic E-state index is 5.72. The van der Waals surface area contributed by atoms with Gasteiger partial charge in [-0.1, -0.05) is 12.1 Å². The van der Waals surface area contributed by atoms with Crippen LogP contribution in [-0.2, 0) is 4.74 Å². The number of ether oxygens (including phenoxy) is 2. The van der Waals surface area contributed by atoms with Crippen LogP contribution in [0.3, 0.4) is 0 Å². The van der Waals surface area contributed by atoms with Gasteiger partial charge >= 0.3 is 0 Å². The van der Waals surface area contributed by atoms with Gasteiger partial charge in [0.1, 0.15) is 5.75 Å². The molecule has 1 aromatic carbocycles. The summed E-state index contributed by atoms with van der Waals surface area (Å²) in [5.41, 5.74) is 1.11. The fraction of sp³-hybridized carbons (Fsp3) is 0.286. The second kappa shape index (κ2) is 5.77. The molecule has 1 aliphatic rings. The van der Waals surface area contributed by atoms with Crippen LogP contribution in [0.1, 0.15) is 11.7 Å². The Labute approximate surface area is 111 Å². The van der Waals surface area contributed by atoms with E-state index in [0.717, 1.165) is 31.0 Å². The number of nitrogens with one attached hydrogen (secondary N) is 1. The summed E-state index contributed by atoms with van der Waals surface area (Å²) in [7, 11) is 0. The quantitative estimate of drug-likeness (QED) is 0.910. The lowest BCUT2D eigenvalue weighted by Gasteiger charge is -2.24. The van der Waals surface area contributed by atoms with Gasteiger partial charge in [-0.05, 0) is 23.8 Å². The lowest BCUT2D eigenvalue weighted by atomic mass is 10.1. The standard InChI is InChI=1S/C14H15N3O2/c1-3-11(13-10-15-7-8-18-13)9-12(4-1)19-14-5-2-6-16-17-14/h1-6,9,13,15H,7-8,10H2/t13-/m0/s1. The number of hydrogen-bond donors (Lipinski definition) is 1. The predicted molar refractivity (Wildman–Crippen MR) is 70.1 cm³/mol. The average Bonchev–Trinajstić information content (AvgIpc) is 2.49. The minimum absolute atomic E-state index is 0.0826. The Hall–Kier alpha value is -1.98. The summed E-state index contributed by atoms with van der Waals surface area (Å²) in [6, 6.07) is 11.4. The first-order valence-electron chi connectivity index (χ1n) is 6.30. The molecule has 0 amide bonds. The third kappa shape index (κ3) is 3.07. The van der Waals surface area contributed by atoms with E-state index in [2.05, 4.69) is 15.5 Å². The Morgan fingerprint density at radius 1 is 1.26 bits per heavy atom. The van der Waals surface area contributed by atoms with Gasteiger partial charge in [0, 0.05) is 25.4 Å². The topological polar surface area (TPSA) is 56.3 Å². The van der Waals surface area contributed by atoms with Crippen LogP contribution >= 0.6 is 0 Å². The molecule has 5 heteroatoms. The molecule has 0 saturated carbocycles. The number of nitrogens with zero attached hydrogens (tertiary/aromatic N) is 2. The van der Waals surface area contributed by atoms with E-state index in [1.54, 1.807) is 18.3 Å². The molecule has 1 aromatic heterocycles. The highest BCUT2D eigenvalue weighted by molar-refractivity contribution is 5.32. The zero-order chi connectivity index (χ0) is 12.9. The van der Waals surface area contributed by atoms with E-state index in [0.29, 0.717) is 5.88 Å². The first-order chi connectivity index (χ1) is 9.42. The van der Waals surface area contributed by atoms with Crippen LogP contribution in [0.25, 0.3) is 0 Å². The third-order valence-corrected chi connectivity index (χ3v) is 2.93. The SMILES string of the molecule is c1cc(Oc2cccnn2)cc([C@@H]2CNCCO2)c1. The zero-order valence-electron chi connectivity index (χ0n) is 10.5. The average molecular weight is 257 g/mol. The minimum Gasteiger partial charge on any atom is -0.438 e. The van der Waals surface area contributed by atoms with Crippen molar-refractivity contribution in [1.82, 2.24) is 15.5 Å². The van der Waals surface area contributed by atoms with Crippen molar-refractivity contribution in [2.75, 3.05) is 19.7 Å². The summed E-state index contributed by atoms with van der Waals surface area (Å²) >= 11 is 0. The van der Waals surface area contributed by atoms with Gasteiger partial charge in [-0.2, -0.15) is 5.10 Å². The molecule has 0 radical (unpaired) electrons. The van der Waals surface area contributed by atoms with E-state index in [1.165, 1.54) is 0 Å². The van der Waals surface area contributed by atoms with Gasteiger partial charge in [0.2, 0.25) is 5.88 Å². The molecule has 0 aliphatic carbocycles. The predicted octanol–water partition coefficient (Wildman–Crippen LogP) is 1.93. The number of aromatic nitrogens is 2. The lowest BCUT2D eigenvalue weighted by molar-refractivity contribution is 0.0276. The molecule has 5 nitrogen and oxygen atoms in total. The first kappa shape index (κ1) is 12.1. The molecule has 1 atom stereocenters. The van der Waals surface area contributed by atoms with E-state index in [1.807, 2.05) is 24.3 Å². The van der Waals surface area contributed by atoms with Gasteiger partial charge in [-0.15, -0.1) is 5.10 Å². The third-order valence-electron chi connectivity index (χ3n) is 2.93. The Bertz CT molecular complexity index is 527. The number of hydrogen-bond acceptors (Lipinski definition) is 5. The first-order valence-corrected chi connectivity index (χ1v) is 6.30. The zero-order valence-corrected chi connectivity index (χ0v) is 10.5. The molecular formula is C14H15N3O2. The monoisotopic (exact) mass is 257 g/mol. The van der Waals surface area contributed by atoms with E-state index in [-0.39, 0.29) is 6.10 Å². The van der Waals surface area contributed by atoms with Crippen LogP contribution in [0.2, 0.25) is 0 Å². The van der Waals surface area contributed by atoms with Crippen LogP contribution in [0.15, 0.2) is 42.6 Å². The Balaban J connectivity index is 1.76. The Kier molecular flexibility index (Phi) is 3.67. The fourth-order valence-corrected chi connectivity index (χ4v) is 2.02. The summed E-state index contributed by atoms with van der Waals surface area (Å²) in [5.74, 6) is 1.23. The maximum Gasteiger partial charge on any atom is 0.238 e. The minimum atomic E-state index is 0.0826. The highest BCUT2D eigenvalue weighted by Gasteiger charge is 2.16. The van der Waals surface area contributed by atoms with Gasteiger partial charge in [0.05, 0.1) is 12.7 Å². The van der Waals surface area contributed by atoms with E-state index in [9.17, 15) is 0 Å². The van der Waals surface area contributed by atoms with Crippen LogP contribution in [0, 0.1) is 0 Å². The summed E-state index contributed by atoms with van der Waals surface area (Å²) < 4.78 is 11.4.